The third-order valence-electron chi connectivity index (χ3n) is 4.72. The molecule has 144 valence electrons. The Morgan fingerprint density at radius 2 is 1.52 bits per heavy atom. The minimum Gasteiger partial charge on any atom is -0.458 e. The normalized spacial score (nSPS) is 13.0. The van der Waals surface area contributed by atoms with Crippen LogP contribution in [0.15, 0.2) is 73.3 Å². The smallest absolute Gasteiger partial charge is 0.303 e. The summed E-state index contributed by atoms with van der Waals surface area (Å²) < 4.78 is 12.1. The molecule has 1 atom stereocenters. The average molecular weight is 383 g/mol. The fourth-order valence-electron chi connectivity index (χ4n) is 3.53. The fourth-order valence-corrected chi connectivity index (χ4v) is 8.11. The van der Waals surface area contributed by atoms with Crippen molar-refractivity contribution in [3.05, 3.63) is 73.3 Å². The molecule has 0 aliphatic heterocycles. The minimum atomic E-state index is -2.54. The van der Waals surface area contributed by atoms with E-state index in [0.717, 1.165) is 0 Å². The molecule has 1 unspecified atom stereocenters. The molecule has 0 spiro atoms. The van der Waals surface area contributed by atoms with E-state index in [1.165, 1.54) is 17.3 Å². The number of hydrogen-bond donors (Lipinski definition) is 0. The van der Waals surface area contributed by atoms with Gasteiger partial charge < -0.3 is 9.16 Å². The summed E-state index contributed by atoms with van der Waals surface area (Å²) in [6, 6.07) is 21.0. The van der Waals surface area contributed by atoms with Crippen LogP contribution in [0.4, 0.5) is 0 Å². The number of carbonyl (C=O) groups excluding carboxylic acids is 1. The summed E-state index contributed by atoms with van der Waals surface area (Å²) in [5, 5.41) is 2.42. The number of benzene rings is 2. The lowest BCUT2D eigenvalue weighted by molar-refractivity contribution is -0.144. The number of rotatable bonds is 8. The number of ether oxygens (including phenoxy) is 1. The van der Waals surface area contributed by atoms with E-state index in [2.05, 4.69) is 75.9 Å². The van der Waals surface area contributed by atoms with E-state index < -0.39 is 8.32 Å². The van der Waals surface area contributed by atoms with Crippen LogP contribution in [-0.2, 0) is 14.0 Å². The fraction of sp³-hybridized carbons (Fsp3) is 0.348. The van der Waals surface area contributed by atoms with Crippen LogP contribution in [0.5, 0.6) is 0 Å². The maximum atomic E-state index is 11.3. The molecule has 0 aliphatic carbocycles. The van der Waals surface area contributed by atoms with Crippen molar-refractivity contribution in [1.82, 2.24) is 0 Å². The van der Waals surface area contributed by atoms with Crippen molar-refractivity contribution in [2.45, 2.75) is 45.3 Å². The highest BCUT2D eigenvalue weighted by atomic mass is 28.4. The Labute approximate surface area is 164 Å². The van der Waals surface area contributed by atoms with Crippen LogP contribution < -0.4 is 10.4 Å². The third-order valence-corrected chi connectivity index (χ3v) is 9.76. The number of hydrogen-bond acceptors (Lipinski definition) is 3. The molecule has 2 rings (SSSR count). The largest absolute Gasteiger partial charge is 0.458 e. The molecule has 27 heavy (non-hydrogen) atoms. The predicted molar refractivity (Wildman–Crippen MR) is 114 cm³/mol. The lowest BCUT2D eigenvalue weighted by atomic mass is 10.2. The van der Waals surface area contributed by atoms with Gasteiger partial charge in [-0.15, -0.1) is 0 Å². The molecular formula is C23H30O3Si. The van der Waals surface area contributed by atoms with Gasteiger partial charge >= 0.3 is 5.97 Å². The Hall–Kier alpha value is -2.17. The highest BCUT2D eigenvalue weighted by Crippen LogP contribution is 2.36. The van der Waals surface area contributed by atoms with Gasteiger partial charge in [-0.3, -0.25) is 4.79 Å². The van der Waals surface area contributed by atoms with Crippen LogP contribution in [0.3, 0.4) is 0 Å². The van der Waals surface area contributed by atoms with E-state index in [0.29, 0.717) is 13.0 Å². The van der Waals surface area contributed by atoms with Crippen molar-refractivity contribution < 1.29 is 14.0 Å². The first-order valence-electron chi connectivity index (χ1n) is 9.36. The van der Waals surface area contributed by atoms with Gasteiger partial charge in [0.1, 0.15) is 6.10 Å². The lowest BCUT2D eigenvalue weighted by Gasteiger charge is -2.43. The van der Waals surface area contributed by atoms with E-state index in [9.17, 15) is 4.79 Å². The quantitative estimate of drug-likeness (QED) is 0.392. The topological polar surface area (TPSA) is 35.5 Å². The molecule has 0 amide bonds. The second-order valence-corrected chi connectivity index (χ2v) is 12.0. The lowest BCUT2D eigenvalue weighted by Crippen LogP contribution is -2.66. The van der Waals surface area contributed by atoms with E-state index in [1.807, 2.05) is 12.1 Å². The summed E-state index contributed by atoms with van der Waals surface area (Å²) in [4.78, 5) is 11.3. The molecule has 0 aromatic heterocycles. The van der Waals surface area contributed by atoms with Crippen molar-refractivity contribution in [1.29, 1.82) is 0 Å². The average Bonchev–Trinajstić information content (AvgIpc) is 2.64. The van der Waals surface area contributed by atoms with E-state index in [-0.39, 0.29) is 17.1 Å². The SMILES string of the molecule is C=CC(CCO[Si](c1ccccc1)(c1ccccc1)C(C)(C)C)OC(C)=O. The van der Waals surface area contributed by atoms with Crippen LogP contribution in [0.2, 0.25) is 5.04 Å². The first kappa shape index (κ1) is 21.1. The Balaban J connectivity index is 2.40. The van der Waals surface area contributed by atoms with E-state index >= 15 is 0 Å². The molecule has 0 heterocycles. The molecule has 2 aromatic carbocycles. The second kappa shape index (κ2) is 9.15. The Morgan fingerprint density at radius 3 is 1.89 bits per heavy atom. The van der Waals surface area contributed by atoms with Crippen molar-refractivity contribution >= 4 is 24.7 Å². The molecule has 0 bridgehead atoms. The van der Waals surface area contributed by atoms with Crippen molar-refractivity contribution in [2.75, 3.05) is 6.61 Å². The van der Waals surface area contributed by atoms with Gasteiger partial charge in [0.2, 0.25) is 0 Å². The third kappa shape index (κ3) is 4.96. The van der Waals surface area contributed by atoms with Gasteiger partial charge in [0.15, 0.2) is 0 Å². The number of carbonyl (C=O) groups is 1. The van der Waals surface area contributed by atoms with Gasteiger partial charge in [-0.1, -0.05) is 94.1 Å². The van der Waals surface area contributed by atoms with Crippen LogP contribution in [-0.4, -0.2) is 27.0 Å². The zero-order valence-electron chi connectivity index (χ0n) is 16.8. The summed E-state index contributed by atoms with van der Waals surface area (Å²) in [7, 11) is -2.54. The van der Waals surface area contributed by atoms with Crippen LogP contribution in [0, 0.1) is 0 Å². The van der Waals surface area contributed by atoms with Crippen molar-refractivity contribution in [3.63, 3.8) is 0 Å². The summed E-state index contributed by atoms with van der Waals surface area (Å²) in [5.41, 5.74) is 0. The summed E-state index contributed by atoms with van der Waals surface area (Å²) in [5.74, 6) is -0.301. The molecule has 0 radical (unpaired) electrons. The molecule has 0 fully saturated rings. The molecule has 2 aromatic rings. The summed E-state index contributed by atoms with van der Waals surface area (Å²) in [6.45, 7) is 12.4. The van der Waals surface area contributed by atoms with Crippen LogP contribution in [0.25, 0.3) is 0 Å². The predicted octanol–water partition coefficient (Wildman–Crippen LogP) is 4.07. The molecule has 4 heteroatoms. The zero-order valence-corrected chi connectivity index (χ0v) is 17.8. The van der Waals surface area contributed by atoms with E-state index in [4.69, 9.17) is 9.16 Å². The van der Waals surface area contributed by atoms with Gasteiger partial charge in [-0.2, -0.15) is 0 Å². The summed E-state index contributed by atoms with van der Waals surface area (Å²) >= 11 is 0. The molecular weight excluding hydrogens is 352 g/mol. The molecule has 0 aliphatic rings. The Bertz CT molecular complexity index is 696. The zero-order chi connectivity index (χ0) is 19.9. The van der Waals surface area contributed by atoms with Gasteiger partial charge in [0.25, 0.3) is 8.32 Å². The van der Waals surface area contributed by atoms with Gasteiger partial charge in [0.05, 0.1) is 0 Å². The minimum absolute atomic E-state index is 0.0686. The first-order chi connectivity index (χ1) is 12.8. The Kier molecular flexibility index (Phi) is 7.16. The summed E-state index contributed by atoms with van der Waals surface area (Å²) in [6.07, 6.45) is 1.92. The second-order valence-electron chi connectivity index (χ2n) is 7.68. The molecule has 3 nitrogen and oxygen atoms in total. The molecule has 0 saturated carbocycles. The Morgan fingerprint density at radius 1 is 1.04 bits per heavy atom. The molecule has 0 N–H and O–H groups in total. The van der Waals surface area contributed by atoms with Crippen molar-refractivity contribution in [3.8, 4) is 0 Å². The molecule has 0 saturated heterocycles. The monoisotopic (exact) mass is 382 g/mol. The number of esters is 1. The maximum absolute atomic E-state index is 11.3. The van der Waals surface area contributed by atoms with E-state index in [1.54, 1.807) is 6.08 Å². The highest BCUT2D eigenvalue weighted by molar-refractivity contribution is 6.99. The van der Waals surface area contributed by atoms with Gasteiger partial charge in [-0.25, -0.2) is 0 Å². The highest BCUT2D eigenvalue weighted by Gasteiger charge is 2.50. The standard InChI is InChI=1S/C23H30O3Si/c1-6-20(26-19(2)24)17-18-25-27(23(3,4)5,21-13-9-7-10-14-21)22-15-11-8-12-16-22/h6-16,20H,1,17-18H2,2-5H3. The van der Waals surface area contributed by atoms with Gasteiger partial charge in [-0.05, 0) is 15.4 Å². The van der Waals surface area contributed by atoms with Gasteiger partial charge in [0, 0.05) is 20.0 Å². The first-order valence-corrected chi connectivity index (χ1v) is 11.3. The maximum Gasteiger partial charge on any atom is 0.303 e. The van der Waals surface area contributed by atoms with Crippen LogP contribution in [0.1, 0.15) is 34.1 Å². The van der Waals surface area contributed by atoms with Crippen molar-refractivity contribution in [2.24, 2.45) is 0 Å². The van der Waals surface area contributed by atoms with Crippen LogP contribution >= 0.6 is 0 Å².